The number of benzene rings is 1. The molecule has 19 heavy (non-hydrogen) atoms. The Morgan fingerprint density at radius 2 is 2.05 bits per heavy atom. The van der Waals surface area contributed by atoms with E-state index in [1.807, 2.05) is 19.0 Å². The number of hydrogen-bond donors (Lipinski definition) is 2. The second-order valence-corrected chi connectivity index (χ2v) is 6.23. The van der Waals surface area contributed by atoms with Gasteiger partial charge < -0.3 is 15.4 Å². The van der Waals surface area contributed by atoms with Crippen LogP contribution in [0.25, 0.3) is 0 Å². The van der Waals surface area contributed by atoms with Gasteiger partial charge in [-0.15, -0.1) is 0 Å². The smallest absolute Gasteiger partial charge is 0.240 e. The Morgan fingerprint density at radius 1 is 1.37 bits per heavy atom. The maximum absolute atomic E-state index is 12.0. The molecule has 0 aromatic heterocycles. The van der Waals surface area contributed by atoms with E-state index >= 15 is 0 Å². The number of nitrogen functional groups attached to an aromatic ring is 1. The van der Waals surface area contributed by atoms with Gasteiger partial charge in [0, 0.05) is 12.6 Å². The Hall–Kier alpha value is -1.31. The number of ether oxygens (including phenoxy) is 1. The van der Waals surface area contributed by atoms with Gasteiger partial charge in [-0.3, -0.25) is 0 Å². The van der Waals surface area contributed by atoms with Gasteiger partial charge in [-0.1, -0.05) is 0 Å². The molecule has 0 unspecified atom stereocenters. The number of anilines is 1. The zero-order valence-electron chi connectivity index (χ0n) is 11.5. The average molecular weight is 287 g/mol. The Labute approximate surface area is 114 Å². The lowest BCUT2D eigenvalue weighted by Crippen LogP contribution is -2.27. The highest BCUT2D eigenvalue weighted by Gasteiger charge is 2.15. The third-order valence-corrected chi connectivity index (χ3v) is 4.05. The minimum atomic E-state index is -3.51. The van der Waals surface area contributed by atoms with Gasteiger partial charge in [0.1, 0.15) is 5.75 Å². The first-order valence-corrected chi connectivity index (χ1v) is 7.43. The Balaban J connectivity index is 2.72. The first kappa shape index (κ1) is 15.7. The van der Waals surface area contributed by atoms with Crippen LogP contribution in [0.4, 0.5) is 5.69 Å². The molecule has 0 saturated heterocycles. The summed E-state index contributed by atoms with van der Waals surface area (Å²) in [7, 11) is 1.83. The minimum absolute atomic E-state index is 0.156. The molecule has 0 heterocycles. The summed E-state index contributed by atoms with van der Waals surface area (Å²) < 4.78 is 31.6. The molecule has 6 nitrogen and oxygen atoms in total. The van der Waals surface area contributed by atoms with Crippen LogP contribution >= 0.6 is 0 Å². The van der Waals surface area contributed by atoms with Gasteiger partial charge in [-0.05, 0) is 39.2 Å². The van der Waals surface area contributed by atoms with Crippen molar-refractivity contribution in [2.75, 3.05) is 40.0 Å². The third kappa shape index (κ3) is 4.70. The van der Waals surface area contributed by atoms with Gasteiger partial charge >= 0.3 is 0 Å². The largest absolute Gasteiger partial charge is 0.495 e. The van der Waals surface area contributed by atoms with Crippen molar-refractivity contribution in [3.8, 4) is 5.75 Å². The van der Waals surface area contributed by atoms with Crippen LogP contribution in [0.2, 0.25) is 0 Å². The molecule has 7 heteroatoms. The molecule has 108 valence electrons. The summed E-state index contributed by atoms with van der Waals surface area (Å²) in [5.41, 5.74) is 6.06. The molecular weight excluding hydrogens is 266 g/mol. The molecule has 1 aromatic carbocycles. The van der Waals surface area contributed by atoms with Crippen molar-refractivity contribution >= 4 is 15.7 Å². The lowest BCUT2D eigenvalue weighted by atomic mass is 10.3. The van der Waals surface area contributed by atoms with Crippen LogP contribution in [0.15, 0.2) is 23.1 Å². The molecule has 0 spiro atoms. The molecule has 0 aliphatic heterocycles. The van der Waals surface area contributed by atoms with E-state index in [9.17, 15) is 8.42 Å². The lowest BCUT2D eigenvalue weighted by Gasteiger charge is -2.11. The monoisotopic (exact) mass is 287 g/mol. The van der Waals surface area contributed by atoms with E-state index in [-0.39, 0.29) is 4.90 Å². The van der Waals surface area contributed by atoms with Gasteiger partial charge in [0.05, 0.1) is 17.7 Å². The molecule has 0 aliphatic rings. The van der Waals surface area contributed by atoms with Gasteiger partial charge in [-0.2, -0.15) is 0 Å². The highest BCUT2D eigenvalue weighted by Crippen LogP contribution is 2.24. The van der Waals surface area contributed by atoms with Crippen LogP contribution in [0.5, 0.6) is 5.75 Å². The molecule has 0 amide bonds. The van der Waals surface area contributed by atoms with Crippen molar-refractivity contribution < 1.29 is 13.2 Å². The topological polar surface area (TPSA) is 84.7 Å². The summed E-state index contributed by atoms with van der Waals surface area (Å²) in [5.74, 6) is 0.358. The second-order valence-electron chi connectivity index (χ2n) is 4.46. The SMILES string of the molecule is COc1cc(S(=O)(=O)NCCCN(C)C)ccc1N. The van der Waals surface area contributed by atoms with Gasteiger partial charge in [-0.25, -0.2) is 13.1 Å². The Kier molecular flexibility index (Phi) is 5.59. The van der Waals surface area contributed by atoms with Crippen LogP contribution in [0.3, 0.4) is 0 Å². The third-order valence-electron chi connectivity index (χ3n) is 2.59. The minimum Gasteiger partial charge on any atom is -0.495 e. The van der Waals surface area contributed by atoms with Crippen molar-refractivity contribution in [3.63, 3.8) is 0 Å². The number of sulfonamides is 1. The fraction of sp³-hybridized carbons (Fsp3) is 0.500. The van der Waals surface area contributed by atoms with Crippen molar-refractivity contribution in [3.05, 3.63) is 18.2 Å². The van der Waals surface area contributed by atoms with Crippen LogP contribution in [-0.2, 0) is 10.0 Å². The number of nitrogens with zero attached hydrogens (tertiary/aromatic N) is 1. The molecule has 0 radical (unpaired) electrons. The van der Waals surface area contributed by atoms with E-state index in [0.29, 0.717) is 18.0 Å². The lowest BCUT2D eigenvalue weighted by molar-refractivity contribution is 0.400. The van der Waals surface area contributed by atoms with Crippen molar-refractivity contribution in [1.82, 2.24) is 9.62 Å². The van der Waals surface area contributed by atoms with Crippen molar-refractivity contribution in [2.24, 2.45) is 0 Å². The molecule has 0 bridgehead atoms. The van der Waals surface area contributed by atoms with Crippen LogP contribution < -0.4 is 15.2 Å². The molecule has 3 N–H and O–H groups in total. The molecule has 0 saturated carbocycles. The summed E-state index contributed by atoms with van der Waals surface area (Å²) in [6.07, 6.45) is 0.748. The highest BCUT2D eigenvalue weighted by atomic mass is 32.2. The van der Waals surface area contributed by atoms with E-state index in [2.05, 4.69) is 4.72 Å². The molecule has 0 aliphatic carbocycles. The first-order valence-electron chi connectivity index (χ1n) is 5.94. The molecule has 0 fully saturated rings. The molecule has 1 rings (SSSR count). The van der Waals surface area contributed by atoms with E-state index < -0.39 is 10.0 Å². The molecule has 1 aromatic rings. The van der Waals surface area contributed by atoms with Crippen molar-refractivity contribution in [2.45, 2.75) is 11.3 Å². The standard InChI is InChI=1S/C12H21N3O3S/c1-15(2)8-4-7-14-19(16,17)10-5-6-11(13)12(9-10)18-3/h5-6,9,14H,4,7-8,13H2,1-3H3. The van der Waals surface area contributed by atoms with E-state index in [0.717, 1.165) is 13.0 Å². The van der Waals surface area contributed by atoms with E-state index in [1.165, 1.54) is 25.3 Å². The summed E-state index contributed by atoms with van der Waals surface area (Å²) in [6, 6.07) is 4.41. The predicted molar refractivity (Wildman–Crippen MR) is 75.8 cm³/mol. The second kappa shape index (κ2) is 6.74. The van der Waals surface area contributed by atoms with Crippen LogP contribution in [-0.4, -0.2) is 47.6 Å². The van der Waals surface area contributed by atoms with E-state index in [1.54, 1.807) is 0 Å². The number of hydrogen-bond acceptors (Lipinski definition) is 5. The summed E-state index contributed by atoms with van der Waals surface area (Å²) in [4.78, 5) is 2.16. The van der Waals surface area contributed by atoms with Gasteiger partial charge in [0.15, 0.2) is 0 Å². The first-order chi connectivity index (χ1) is 8.86. The maximum Gasteiger partial charge on any atom is 0.240 e. The quantitative estimate of drug-likeness (QED) is 0.564. The fourth-order valence-electron chi connectivity index (χ4n) is 1.54. The summed E-state index contributed by atoms with van der Waals surface area (Å²) in [6.45, 7) is 1.22. The predicted octanol–water partition coefficient (Wildman–Crippen LogP) is 0.507. The fourth-order valence-corrected chi connectivity index (χ4v) is 2.63. The number of methoxy groups -OCH3 is 1. The normalized spacial score (nSPS) is 11.8. The highest BCUT2D eigenvalue weighted by molar-refractivity contribution is 7.89. The maximum atomic E-state index is 12.0. The van der Waals surface area contributed by atoms with E-state index in [4.69, 9.17) is 10.5 Å². The number of rotatable bonds is 7. The number of nitrogens with two attached hydrogens (primary N) is 1. The zero-order chi connectivity index (χ0) is 14.5. The molecular formula is C12H21N3O3S. The average Bonchev–Trinajstić information content (AvgIpc) is 2.35. The molecule has 0 atom stereocenters. The Bertz CT molecular complexity index is 515. The van der Waals surface area contributed by atoms with Crippen LogP contribution in [0, 0.1) is 0 Å². The number of nitrogens with one attached hydrogen (secondary N) is 1. The summed E-state index contributed by atoms with van der Waals surface area (Å²) >= 11 is 0. The Morgan fingerprint density at radius 3 is 2.63 bits per heavy atom. The zero-order valence-corrected chi connectivity index (χ0v) is 12.3. The van der Waals surface area contributed by atoms with Crippen LogP contribution in [0.1, 0.15) is 6.42 Å². The van der Waals surface area contributed by atoms with Crippen molar-refractivity contribution in [1.29, 1.82) is 0 Å². The summed E-state index contributed by atoms with van der Waals surface area (Å²) in [5, 5.41) is 0. The van der Waals surface area contributed by atoms with Gasteiger partial charge in [0.2, 0.25) is 10.0 Å². The van der Waals surface area contributed by atoms with Gasteiger partial charge in [0.25, 0.3) is 0 Å².